The first kappa shape index (κ1) is 18.1. The summed E-state index contributed by atoms with van der Waals surface area (Å²) in [7, 11) is 1.26. The lowest BCUT2D eigenvalue weighted by molar-refractivity contribution is 0.0601. The third-order valence-corrected chi connectivity index (χ3v) is 3.26. The van der Waals surface area contributed by atoms with Gasteiger partial charge in [0.05, 0.1) is 18.4 Å². The van der Waals surface area contributed by atoms with E-state index in [2.05, 4.69) is 15.6 Å². The molecule has 0 bridgehead atoms. The number of carbonyl (C=O) groups excluding carboxylic acids is 3. The molecular formula is C18H19N3O4. The number of benzene rings is 1. The van der Waals surface area contributed by atoms with E-state index in [4.69, 9.17) is 4.74 Å². The molecule has 0 radical (unpaired) electrons. The largest absolute Gasteiger partial charge is 0.465 e. The number of methoxy groups -OCH3 is 1. The molecule has 0 unspecified atom stereocenters. The molecule has 2 N–H and O–H groups in total. The molecule has 0 saturated heterocycles. The van der Waals surface area contributed by atoms with Gasteiger partial charge in [-0.2, -0.15) is 0 Å². The molecule has 0 aliphatic heterocycles. The fourth-order valence-corrected chi connectivity index (χ4v) is 2.11. The SMILES string of the molecule is COC(=O)c1ccccc1NC(=O)c1cc(C(=O)NC(C)C)ccn1. The lowest BCUT2D eigenvalue weighted by atomic mass is 10.1. The number of anilines is 1. The van der Waals surface area contributed by atoms with Crippen molar-refractivity contribution in [2.24, 2.45) is 0 Å². The number of rotatable bonds is 5. The van der Waals surface area contributed by atoms with Crippen LogP contribution in [0.1, 0.15) is 45.1 Å². The number of aromatic nitrogens is 1. The Morgan fingerprint density at radius 2 is 1.80 bits per heavy atom. The van der Waals surface area contributed by atoms with Gasteiger partial charge in [0, 0.05) is 17.8 Å². The smallest absolute Gasteiger partial charge is 0.339 e. The Labute approximate surface area is 145 Å². The number of para-hydroxylation sites is 1. The maximum absolute atomic E-state index is 12.4. The molecule has 0 fully saturated rings. The highest BCUT2D eigenvalue weighted by molar-refractivity contribution is 6.08. The zero-order valence-electron chi connectivity index (χ0n) is 14.2. The van der Waals surface area contributed by atoms with Gasteiger partial charge in [0.15, 0.2) is 0 Å². The summed E-state index contributed by atoms with van der Waals surface area (Å²) in [5.74, 6) is -1.38. The highest BCUT2D eigenvalue weighted by Gasteiger charge is 2.16. The van der Waals surface area contributed by atoms with Crippen LogP contribution in [-0.4, -0.2) is 35.9 Å². The maximum atomic E-state index is 12.4. The van der Waals surface area contributed by atoms with Crippen LogP contribution in [0, 0.1) is 0 Å². The lowest BCUT2D eigenvalue weighted by Gasteiger charge is -2.11. The third-order valence-electron chi connectivity index (χ3n) is 3.26. The molecule has 1 aromatic carbocycles. The Kier molecular flexibility index (Phi) is 5.84. The van der Waals surface area contributed by atoms with E-state index in [0.717, 1.165) is 0 Å². The van der Waals surface area contributed by atoms with Crippen molar-refractivity contribution in [1.82, 2.24) is 10.3 Å². The summed E-state index contributed by atoms with van der Waals surface area (Å²) in [5, 5.41) is 5.36. The Morgan fingerprint density at radius 3 is 2.48 bits per heavy atom. The summed E-state index contributed by atoms with van der Waals surface area (Å²) in [4.78, 5) is 40.2. The van der Waals surface area contributed by atoms with Crippen molar-refractivity contribution in [3.05, 3.63) is 59.4 Å². The van der Waals surface area contributed by atoms with Crippen molar-refractivity contribution < 1.29 is 19.1 Å². The van der Waals surface area contributed by atoms with Gasteiger partial charge in [-0.15, -0.1) is 0 Å². The Balaban J connectivity index is 2.22. The molecular weight excluding hydrogens is 322 g/mol. The second kappa shape index (κ2) is 8.05. The monoisotopic (exact) mass is 341 g/mol. The maximum Gasteiger partial charge on any atom is 0.339 e. The fourth-order valence-electron chi connectivity index (χ4n) is 2.11. The molecule has 7 nitrogen and oxygen atoms in total. The number of carbonyl (C=O) groups is 3. The van der Waals surface area contributed by atoms with Crippen molar-refractivity contribution in [3.63, 3.8) is 0 Å². The summed E-state index contributed by atoms with van der Waals surface area (Å²) < 4.78 is 4.69. The van der Waals surface area contributed by atoms with Crippen molar-refractivity contribution in [2.75, 3.05) is 12.4 Å². The van der Waals surface area contributed by atoms with E-state index in [1.54, 1.807) is 24.3 Å². The van der Waals surface area contributed by atoms with E-state index < -0.39 is 11.9 Å². The third kappa shape index (κ3) is 4.63. The van der Waals surface area contributed by atoms with Gasteiger partial charge in [-0.25, -0.2) is 4.79 Å². The molecule has 1 heterocycles. The number of nitrogens with zero attached hydrogens (tertiary/aromatic N) is 1. The highest BCUT2D eigenvalue weighted by atomic mass is 16.5. The van der Waals surface area contributed by atoms with Crippen LogP contribution in [0.15, 0.2) is 42.6 Å². The van der Waals surface area contributed by atoms with E-state index in [1.807, 2.05) is 13.8 Å². The molecule has 0 saturated carbocycles. The van der Waals surface area contributed by atoms with Gasteiger partial charge in [-0.3, -0.25) is 14.6 Å². The van der Waals surface area contributed by atoms with E-state index in [0.29, 0.717) is 11.3 Å². The average Bonchev–Trinajstić information content (AvgIpc) is 2.61. The normalized spacial score (nSPS) is 10.2. The van der Waals surface area contributed by atoms with Crippen LogP contribution in [0.2, 0.25) is 0 Å². The minimum Gasteiger partial charge on any atom is -0.465 e. The lowest BCUT2D eigenvalue weighted by Crippen LogP contribution is -2.30. The molecule has 2 amide bonds. The van der Waals surface area contributed by atoms with Crippen LogP contribution >= 0.6 is 0 Å². The number of hydrogen-bond donors (Lipinski definition) is 2. The predicted octanol–water partition coefficient (Wildman–Crippen LogP) is 2.26. The summed E-state index contributed by atoms with van der Waals surface area (Å²) >= 11 is 0. The van der Waals surface area contributed by atoms with Gasteiger partial charge < -0.3 is 15.4 Å². The van der Waals surface area contributed by atoms with Crippen LogP contribution in [0.5, 0.6) is 0 Å². The van der Waals surface area contributed by atoms with Crippen LogP contribution < -0.4 is 10.6 Å². The number of pyridine rings is 1. The molecule has 7 heteroatoms. The quantitative estimate of drug-likeness (QED) is 0.813. The van der Waals surface area contributed by atoms with Gasteiger partial charge in [0.2, 0.25) is 0 Å². The molecule has 0 aliphatic rings. The van der Waals surface area contributed by atoms with E-state index in [-0.39, 0.29) is 23.2 Å². The number of hydrogen-bond acceptors (Lipinski definition) is 5. The van der Waals surface area contributed by atoms with Gasteiger partial charge >= 0.3 is 5.97 Å². The molecule has 0 aliphatic carbocycles. The minimum absolute atomic E-state index is 0.0233. The van der Waals surface area contributed by atoms with Crippen molar-refractivity contribution >= 4 is 23.5 Å². The molecule has 0 spiro atoms. The number of nitrogens with one attached hydrogen (secondary N) is 2. The molecule has 0 atom stereocenters. The van der Waals surface area contributed by atoms with Gasteiger partial charge in [-0.1, -0.05) is 12.1 Å². The van der Waals surface area contributed by atoms with Gasteiger partial charge in [0.1, 0.15) is 5.69 Å². The zero-order chi connectivity index (χ0) is 18.4. The van der Waals surface area contributed by atoms with Crippen molar-refractivity contribution in [3.8, 4) is 0 Å². The number of esters is 1. The second-order valence-electron chi connectivity index (χ2n) is 5.55. The number of amides is 2. The van der Waals surface area contributed by atoms with Crippen LogP contribution in [0.3, 0.4) is 0 Å². The second-order valence-corrected chi connectivity index (χ2v) is 5.55. The summed E-state index contributed by atoms with van der Waals surface area (Å²) in [6.07, 6.45) is 1.39. The van der Waals surface area contributed by atoms with Crippen molar-refractivity contribution in [1.29, 1.82) is 0 Å². The van der Waals surface area contributed by atoms with Crippen LogP contribution in [0.25, 0.3) is 0 Å². The van der Waals surface area contributed by atoms with E-state index in [1.165, 1.54) is 25.4 Å². The van der Waals surface area contributed by atoms with Crippen LogP contribution in [0.4, 0.5) is 5.69 Å². The zero-order valence-corrected chi connectivity index (χ0v) is 14.2. The molecule has 2 rings (SSSR count). The molecule has 25 heavy (non-hydrogen) atoms. The standard InChI is InChI=1S/C18H19N3O4/c1-11(2)20-16(22)12-8-9-19-15(10-12)17(23)21-14-7-5-4-6-13(14)18(24)25-3/h4-11H,1-3H3,(H,20,22)(H,21,23). The average molecular weight is 341 g/mol. The molecule has 1 aromatic heterocycles. The number of ether oxygens (including phenoxy) is 1. The van der Waals surface area contributed by atoms with E-state index in [9.17, 15) is 14.4 Å². The van der Waals surface area contributed by atoms with Gasteiger partial charge in [0.25, 0.3) is 11.8 Å². The first-order valence-corrected chi connectivity index (χ1v) is 7.68. The first-order chi connectivity index (χ1) is 11.9. The summed E-state index contributed by atoms with van der Waals surface area (Å²) in [6.45, 7) is 3.69. The Hall–Kier alpha value is -3.22. The van der Waals surface area contributed by atoms with E-state index >= 15 is 0 Å². The topological polar surface area (TPSA) is 97.4 Å². The van der Waals surface area contributed by atoms with Gasteiger partial charge in [-0.05, 0) is 38.1 Å². The minimum atomic E-state index is -0.561. The predicted molar refractivity (Wildman–Crippen MR) is 92.6 cm³/mol. The Morgan fingerprint density at radius 1 is 1.08 bits per heavy atom. The van der Waals surface area contributed by atoms with Crippen LogP contribution in [-0.2, 0) is 4.74 Å². The first-order valence-electron chi connectivity index (χ1n) is 7.68. The fraction of sp³-hybridized carbons (Fsp3) is 0.222. The Bertz CT molecular complexity index is 802. The molecule has 2 aromatic rings. The summed E-state index contributed by atoms with van der Waals surface area (Å²) in [6, 6.07) is 9.37. The molecule has 130 valence electrons. The summed E-state index contributed by atoms with van der Waals surface area (Å²) in [5.41, 5.74) is 0.927. The highest BCUT2D eigenvalue weighted by Crippen LogP contribution is 2.17. The van der Waals surface area contributed by atoms with Crippen molar-refractivity contribution in [2.45, 2.75) is 19.9 Å².